The molecule has 0 radical (unpaired) electrons. The fraction of sp³-hybridized carbons (Fsp3) is 0. The summed E-state index contributed by atoms with van der Waals surface area (Å²) in [7, 11) is 0. The molecule has 0 saturated carbocycles. The summed E-state index contributed by atoms with van der Waals surface area (Å²) in [5, 5.41) is 11.2. The fourth-order valence-corrected chi connectivity index (χ4v) is 1.55. The number of H-pyrrole nitrogens is 1. The monoisotopic (exact) mass is 246 g/mol. The van der Waals surface area contributed by atoms with Crippen molar-refractivity contribution in [1.82, 2.24) is 25.1 Å². The van der Waals surface area contributed by atoms with E-state index in [0.717, 1.165) is 5.39 Å². The molecular formula is C10H7ClN6. The number of nitrogens with one attached hydrogen (secondary N) is 2. The Kier molecular flexibility index (Phi) is 2.34. The van der Waals surface area contributed by atoms with Gasteiger partial charge in [-0.1, -0.05) is 11.6 Å². The molecule has 0 aliphatic rings. The number of rotatable bonds is 2. The van der Waals surface area contributed by atoms with Gasteiger partial charge in [-0.05, 0) is 12.1 Å². The largest absolute Gasteiger partial charge is 0.324 e. The van der Waals surface area contributed by atoms with E-state index >= 15 is 0 Å². The van der Waals surface area contributed by atoms with E-state index in [9.17, 15) is 0 Å². The van der Waals surface area contributed by atoms with Crippen molar-refractivity contribution in [2.24, 2.45) is 0 Å². The SMILES string of the molecule is Clc1ccc(Nc2ncnc3[nH]ncc23)nc1. The Morgan fingerprint density at radius 2 is 2.06 bits per heavy atom. The van der Waals surface area contributed by atoms with Gasteiger partial charge < -0.3 is 5.32 Å². The fourth-order valence-electron chi connectivity index (χ4n) is 1.44. The molecule has 2 N–H and O–H groups in total. The van der Waals surface area contributed by atoms with E-state index in [1.807, 2.05) is 0 Å². The number of hydrogen-bond donors (Lipinski definition) is 2. The van der Waals surface area contributed by atoms with Crippen LogP contribution in [0.1, 0.15) is 0 Å². The van der Waals surface area contributed by atoms with Crippen LogP contribution in [0.25, 0.3) is 11.0 Å². The molecule has 0 atom stereocenters. The Hall–Kier alpha value is -2.21. The van der Waals surface area contributed by atoms with Crippen molar-refractivity contribution in [2.75, 3.05) is 5.32 Å². The predicted octanol–water partition coefficient (Wildman–Crippen LogP) is 2.14. The lowest BCUT2D eigenvalue weighted by molar-refractivity contribution is 1.09. The molecule has 3 rings (SSSR count). The minimum Gasteiger partial charge on any atom is -0.324 e. The van der Waals surface area contributed by atoms with Gasteiger partial charge in [-0.15, -0.1) is 0 Å². The Morgan fingerprint density at radius 1 is 1.12 bits per heavy atom. The van der Waals surface area contributed by atoms with Crippen molar-refractivity contribution in [3.05, 3.63) is 35.9 Å². The number of aromatic nitrogens is 5. The topological polar surface area (TPSA) is 79.4 Å². The first-order chi connectivity index (χ1) is 8.33. The van der Waals surface area contributed by atoms with E-state index in [1.54, 1.807) is 24.5 Å². The highest BCUT2D eigenvalue weighted by atomic mass is 35.5. The molecule has 0 saturated heterocycles. The number of aromatic amines is 1. The number of fused-ring (bicyclic) bond motifs is 1. The molecule has 0 aliphatic heterocycles. The Morgan fingerprint density at radius 3 is 2.88 bits per heavy atom. The van der Waals surface area contributed by atoms with Crippen molar-refractivity contribution in [2.45, 2.75) is 0 Å². The van der Waals surface area contributed by atoms with Crippen LogP contribution in [0.3, 0.4) is 0 Å². The number of nitrogens with zero attached hydrogens (tertiary/aromatic N) is 4. The van der Waals surface area contributed by atoms with Gasteiger partial charge in [0.2, 0.25) is 0 Å². The molecule has 0 spiro atoms. The second-order valence-corrected chi connectivity index (χ2v) is 3.78. The molecule has 0 bridgehead atoms. The molecule has 0 amide bonds. The van der Waals surface area contributed by atoms with E-state index < -0.39 is 0 Å². The normalized spacial score (nSPS) is 10.6. The van der Waals surface area contributed by atoms with Gasteiger partial charge in [0, 0.05) is 6.20 Å². The summed E-state index contributed by atoms with van der Waals surface area (Å²) in [6, 6.07) is 3.53. The lowest BCUT2D eigenvalue weighted by Crippen LogP contribution is -1.96. The van der Waals surface area contributed by atoms with Gasteiger partial charge in [-0.2, -0.15) is 5.10 Å². The molecule has 6 nitrogen and oxygen atoms in total. The molecule has 3 aromatic heterocycles. The zero-order valence-electron chi connectivity index (χ0n) is 8.55. The summed E-state index contributed by atoms with van der Waals surface area (Å²) in [6.45, 7) is 0. The van der Waals surface area contributed by atoms with Crippen molar-refractivity contribution in [3.63, 3.8) is 0 Å². The second-order valence-electron chi connectivity index (χ2n) is 3.34. The van der Waals surface area contributed by atoms with Crippen LogP contribution >= 0.6 is 11.6 Å². The third-order valence-corrected chi connectivity index (χ3v) is 2.45. The third-order valence-electron chi connectivity index (χ3n) is 2.22. The summed E-state index contributed by atoms with van der Waals surface area (Å²) >= 11 is 5.76. The highest BCUT2D eigenvalue weighted by Gasteiger charge is 2.05. The molecule has 0 aliphatic carbocycles. The molecular weight excluding hydrogens is 240 g/mol. The minimum atomic E-state index is 0.590. The van der Waals surface area contributed by atoms with Gasteiger partial charge in [0.15, 0.2) is 5.65 Å². The first-order valence-electron chi connectivity index (χ1n) is 4.85. The van der Waals surface area contributed by atoms with Crippen LogP contribution in [-0.2, 0) is 0 Å². The summed E-state index contributed by atoms with van der Waals surface area (Å²) in [5.74, 6) is 1.31. The predicted molar refractivity (Wildman–Crippen MR) is 64.2 cm³/mol. The van der Waals surface area contributed by atoms with Crippen LogP contribution in [-0.4, -0.2) is 25.1 Å². The van der Waals surface area contributed by atoms with Gasteiger partial charge in [0.1, 0.15) is 18.0 Å². The van der Waals surface area contributed by atoms with Gasteiger partial charge in [0.05, 0.1) is 16.6 Å². The standard InChI is InChI=1S/C10H7ClN6/c11-6-1-2-8(12-3-6)16-9-7-4-15-17-10(7)14-5-13-9/h1-5H,(H2,12,13,14,15,16,17). The van der Waals surface area contributed by atoms with Crippen LogP contribution in [0.5, 0.6) is 0 Å². The van der Waals surface area contributed by atoms with Crippen molar-refractivity contribution >= 4 is 34.3 Å². The van der Waals surface area contributed by atoms with Crippen LogP contribution in [0, 0.1) is 0 Å². The van der Waals surface area contributed by atoms with Crippen LogP contribution < -0.4 is 5.32 Å². The molecule has 7 heteroatoms. The molecule has 0 aromatic carbocycles. The number of pyridine rings is 1. The van der Waals surface area contributed by atoms with Gasteiger partial charge in [-0.25, -0.2) is 15.0 Å². The molecule has 84 valence electrons. The average molecular weight is 247 g/mol. The summed E-state index contributed by atoms with van der Waals surface area (Å²) in [5.41, 5.74) is 0.677. The highest BCUT2D eigenvalue weighted by molar-refractivity contribution is 6.30. The minimum absolute atomic E-state index is 0.590. The smallest absolute Gasteiger partial charge is 0.160 e. The first kappa shape index (κ1) is 9.98. The molecule has 3 heterocycles. The third kappa shape index (κ3) is 1.90. The maximum Gasteiger partial charge on any atom is 0.160 e. The van der Waals surface area contributed by atoms with E-state index in [-0.39, 0.29) is 0 Å². The second kappa shape index (κ2) is 3.99. The first-order valence-corrected chi connectivity index (χ1v) is 5.23. The Bertz CT molecular complexity index is 647. The molecule has 0 fully saturated rings. The van der Waals surface area contributed by atoms with Crippen LogP contribution in [0.2, 0.25) is 5.02 Å². The number of anilines is 2. The maximum atomic E-state index is 5.76. The average Bonchev–Trinajstić information content (AvgIpc) is 2.81. The van der Waals surface area contributed by atoms with Crippen molar-refractivity contribution < 1.29 is 0 Å². The summed E-state index contributed by atoms with van der Waals surface area (Å²) in [4.78, 5) is 12.3. The molecule has 0 unspecified atom stereocenters. The van der Waals surface area contributed by atoms with Gasteiger partial charge in [-0.3, -0.25) is 5.10 Å². The lowest BCUT2D eigenvalue weighted by Gasteiger charge is -2.04. The van der Waals surface area contributed by atoms with Crippen LogP contribution in [0.4, 0.5) is 11.6 Å². The maximum absolute atomic E-state index is 5.76. The van der Waals surface area contributed by atoms with E-state index in [0.29, 0.717) is 22.3 Å². The lowest BCUT2D eigenvalue weighted by atomic mass is 10.4. The number of hydrogen-bond acceptors (Lipinski definition) is 5. The van der Waals surface area contributed by atoms with Crippen molar-refractivity contribution in [3.8, 4) is 0 Å². The summed E-state index contributed by atoms with van der Waals surface area (Å²) < 4.78 is 0. The van der Waals surface area contributed by atoms with E-state index in [2.05, 4.69) is 30.5 Å². The van der Waals surface area contributed by atoms with E-state index in [4.69, 9.17) is 11.6 Å². The van der Waals surface area contributed by atoms with Crippen molar-refractivity contribution in [1.29, 1.82) is 0 Å². The Balaban J connectivity index is 1.99. The Labute approximate surface area is 101 Å². The van der Waals surface area contributed by atoms with E-state index in [1.165, 1.54) is 6.33 Å². The van der Waals surface area contributed by atoms with Gasteiger partial charge >= 0.3 is 0 Å². The highest BCUT2D eigenvalue weighted by Crippen LogP contribution is 2.20. The number of halogens is 1. The zero-order valence-corrected chi connectivity index (χ0v) is 9.31. The molecule has 3 aromatic rings. The van der Waals surface area contributed by atoms with Gasteiger partial charge in [0.25, 0.3) is 0 Å². The zero-order chi connectivity index (χ0) is 11.7. The summed E-state index contributed by atoms with van der Waals surface area (Å²) in [6.07, 6.45) is 4.68. The molecule has 17 heavy (non-hydrogen) atoms. The van der Waals surface area contributed by atoms with Crippen LogP contribution in [0.15, 0.2) is 30.9 Å². The quantitative estimate of drug-likeness (QED) is 0.724.